The molecular formula is C22H36IN5O. The quantitative estimate of drug-likeness (QED) is 0.302. The third kappa shape index (κ3) is 5.86. The first-order valence-corrected chi connectivity index (χ1v) is 10.4. The maximum absolute atomic E-state index is 5.57. The number of para-hydroxylation sites is 1. The Bertz CT molecular complexity index is 796. The van der Waals surface area contributed by atoms with Gasteiger partial charge in [0.25, 0.3) is 0 Å². The van der Waals surface area contributed by atoms with E-state index in [2.05, 4.69) is 72.9 Å². The summed E-state index contributed by atoms with van der Waals surface area (Å²) in [6, 6.07) is 6.47. The van der Waals surface area contributed by atoms with Crippen LogP contribution in [0, 0.1) is 6.92 Å². The Hall–Kier alpha value is -1.32. The van der Waals surface area contributed by atoms with E-state index in [4.69, 9.17) is 9.73 Å². The number of hydrogen-bond acceptors (Lipinski definition) is 3. The molecule has 3 N–H and O–H groups in total. The molecule has 0 amide bonds. The molecule has 0 aliphatic carbocycles. The Labute approximate surface area is 191 Å². The zero-order valence-electron chi connectivity index (χ0n) is 18.2. The highest BCUT2D eigenvalue weighted by Crippen LogP contribution is 2.26. The van der Waals surface area contributed by atoms with Gasteiger partial charge in [0.1, 0.15) is 0 Å². The first kappa shape index (κ1) is 24.0. The zero-order valence-corrected chi connectivity index (χ0v) is 20.5. The second kappa shape index (κ2) is 11.2. The van der Waals surface area contributed by atoms with Gasteiger partial charge in [-0.25, -0.2) is 0 Å². The average molecular weight is 513 g/mol. The average Bonchev–Trinajstić information content (AvgIpc) is 3.11. The number of aromatic nitrogens is 1. The molecule has 0 saturated carbocycles. The minimum Gasteiger partial charge on any atom is -0.381 e. The number of aryl methyl sites for hydroxylation is 1. The number of halogens is 1. The maximum atomic E-state index is 5.57. The van der Waals surface area contributed by atoms with Gasteiger partial charge < -0.3 is 25.3 Å². The van der Waals surface area contributed by atoms with E-state index in [1.54, 1.807) is 0 Å². The van der Waals surface area contributed by atoms with E-state index < -0.39 is 0 Å². The second-order valence-corrected chi connectivity index (χ2v) is 7.91. The molecule has 1 aliphatic heterocycles. The van der Waals surface area contributed by atoms with Crippen molar-refractivity contribution >= 4 is 40.8 Å². The summed E-state index contributed by atoms with van der Waals surface area (Å²) in [6.45, 7) is 8.38. The smallest absolute Gasteiger partial charge is 0.191 e. The van der Waals surface area contributed by atoms with E-state index in [-0.39, 0.29) is 29.5 Å². The van der Waals surface area contributed by atoms with Crippen LogP contribution in [-0.2, 0) is 11.2 Å². The molecule has 2 aromatic rings. The van der Waals surface area contributed by atoms with E-state index in [0.29, 0.717) is 0 Å². The van der Waals surface area contributed by atoms with Crippen molar-refractivity contribution in [2.75, 3.05) is 46.9 Å². The van der Waals surface area contributed by atoms with Crippen molar-refractivity contribution in [1.82, 2.24) is 20.5 Å². The summed E-state index contributed by atoms with van der Waals surface area (Å²) in [7, 11) is 4.31. The van der Waals surface area contributed by atoms with Gasteiger partial charge in [-0.1, -0.05) is 18.2 Å². The number of H-pyrrole nitrogens is 1. The van der Waals surface area contributed by atoms with Crippen molar-refractivity contribution < 1.29 is 4.74 Å². The fourth-order valence-electron chi connectivity index (χ4n) is 3.95. The van der Waals surface area contributed by atoms with Crippen molar-refractivity contribution in [3.63, 3.8) is 0 Å². The van der Waals surface area contributed by atoms with Gasteiger partial charge in [-0.05, 0) is 58.3 Å². The fourth-order valence-corrected chi connectivity index (χ4v) is 3.95. The molecule has 1 aromatic carbocycles. The summed E-state index contributed by atoms with van der Waals surface area (Å²) < 4.78 is 5.57. The predicted molar refractivity (Wildman–Crippen MR) is 133 cm³/mol. The number of hydrogen-bond donors (Lipinski definition) is 3. The van der Waals surface area contributed by atoms with Crippen LogP contribution in [0.4, 0.5) is 0 Å². The number of guanidine groups is 1. The lowest BCUT2D eigenvalue weighted by Crippen LogP contribution is -2.51. The van der Waals surface area contributed by atoms with Gasteiger partial charge in [0.15, 0.2) is 5.96 Å². The molecule has 162 valence electrons. The largest absolute Gasteiger partial charge is 0.381 e. The van der Waals surface area contributed by atoms with Crippen molar-refractivity contribution in [1.29, 1.82) is 0 Å². The Morgan fingerprint density at radius 3 is 2.69 bits per heavy atom. The fraction of sp³-hybridized carbons (Fsp3) is 0.591. The molecule has 1 aromatic heterocycles. The van der Waals surface area contributed by atoms with Crippen LogP contribution in [0.25, 0.3) is 10.9 Å². The number of rotatable bonds is 7. The molecule has 6 nitrogen and oxygen atoms in total. The molecule has 2 heterocycles. The number of aromatic amines is 1. The van der Waals surface area contributed by atoms with Gasteiger partial charge in [-0.15, -0.1) is 24.0 Å². The van der Waals surface area contributed by atoms with Crippen LogP contribution in [0.1, 0.15) is 30.9 Å². The van der Waals surface area contributed by atoms with Crippen molar-refractivity contribution in [2.45, 2.75) is 38.6 Å². The van der Waals surface area contributed by atoms with Crippen LogP contribution in [0.15, 0.2) is 29.4 Å². The van der Waals surface area contributed by atoms with Crippen LogP contribution in [0.2, 0.25) is 0 Å². The molecule has 0 radical (unpaired) electrons. The lowest BCUT2D eigenvalue weighted by molar-refractivity contribution is -0.00254. The normalized spacial score (nSPS) is 16.7. The molecular weight excluding hydrogens is 477 g/mol. The van der Waals surface area contributed by atoms with Crippen molar-refractivity contribution in [3.05, 3.63) is 35.5 Å². The summed E-state index contributed by atoms with van der Waals surface area (Å²) in [5, 5.41) is 8.21. The van der Waals surface area contributed by atoms with Crippen molar-refractivity contribution in [2.24, 2.45) is 4.99 Å². The summed E-state index contributed by atoms with van der Waals surface area (Å²) in [5.74, 6) is 0.895. The highest BCUT2D eigenvalue weighted by molar-refractivity contribution is 14.0. The third-order valence-electron chi connectivity index (χ3n) is 5.94. The van der Waals surface area contributed by atoms with Crippen molar-refractivity contribution in [3.8, 4) is 0 Å². The molecule has 1 fully saturated rings. The van der Waals surface area contributed by atoms with Crippen LogP contribution < -0.4 is 10.6 Å². The molecule has 1 saturated heterocycles. The molecule has 29 heavy (non-hydrogen) atoms. The SMILES string of the molecule is CCNC(=NCC1(N(C)C)CCOCC1)NCCc1c[nH]c2c(C)cccc12.I. The molecule has 0 spiro atoms. The van der Waals surface area contributed by atoms with E-state index >= 15 is 0 Å². The second-order valence-electron chi connectivity index (χ2n) is 7.91. The number of fused-ring (bicyclic) bond motifs is 1. The minimum atomic E-state index is 0. The van der Waals surface area contributed by atoms with Gasteiger partial charge in [-0.2, -0.15) is 0 Å². The number of nitrogens with one attached hydrogen (secondary N) is 3. The maximum Gasteiger partial charge on any atom is 0.191 e. The van der Waals surface area contributed by atoms with Crippen LogP contribution in [0.3, 0.4) is 0 Å². The van der Waals surface area contributed by atoms with Gasteiger partial charge in [-0.3, -0.25) is 4.99 Å². The number of aliphatic imine (C=N–C) groups is 1. The van der Waals surface area contributed by atoms with E-state index in [0.717, 1.165) is 58.1 Å². The Morgan fingerprint density at radius 2 is 2.00 bits per heavy atom. The monoisotopic (exact) mass is 513 g/mol. The number of nitrogens with zero attached hydrogens (tertiary/aromatic N) is 2. The standard InChI is InChI=1S/C22H35N5O.HI/c1-5-23-21(26-16-22(27(3)4)10-13-28-14-11-22)24-12-9-18-15-25-20-17(2)7-6-8-19(18)20;/h6-8,15,25H,5,9-14,16H2,1-4H3,(H2,23,24,26);1H. The molecule has 0 atom stereocenters. The lowest BCUT2D eigenvalue weighted by atomic mass is 9.89. The summed E-state index contributed by atoms with van der Waals surface area (Å²) in [6.07, 6.45) is 5.14. The third-order valence-corrected chi connectivity index (χ3v) is 5.94. The number of benzene rings is 1. The van der Waals surface area contributed by atoms with E-state index in [9.17, 15) is 0 Å². The number of ether oxygens (including phenoxy) is 1. The van der Waals surface area contributed by atoms with E-state index in [1.807, 2.05) is 0 Å². The van der Waals surface area contributed by atoms with Gasteiger partial charge in [0.05, 0.1) is 6.54 Å². The number of likely N-dealkylation sites (N-methyl/N-ethyl adjacent to an activating group) is 1. The lowest BCUT2D eigenvalue weighted by Gasteiger charge is -2.41. The first-order valence-electron chi connectivity index (χ1n) is 10.4. The Kier molecular flexibility index (Phi) is 9.23. The molecule has 7 heteroatoms. The molecule has 3 rings (SSSR count). The minimum absolute atomic E-state index is 0. The van der Waals surface area contributed by atoms with E-state index in [1.165, 1.54) is 22.0 Å². The molecule has 0 bridgehead atoms. The summed E-state index contributed by atoms with van der Waals surface area (Å²) >= 11 is 0. The highest BCUT2D eigenvalue weighted by atomic mass is 127. The topological polar surface area (TPSA) is 64.7 Å². The van der Waals surface area contributed by atoms with Crippen LogP contribution in [0.5, 0.6) is 0 Å². The Morgan fingerprint density at radius 1 is 1.24 bits per heavy atom. The van der Waals surface area contributed by atoms with Crippen LogP contribution in [-0.4, -0.2) is 68.3 Å². The summed E-state index contributed by atoms with van der Waals surface area (Å²) in [5.41, 5.74) is 3.97. The first-order chi connectivity index (χ1) is 13.6. The Balaban J connectivity index is 0.00000300. The molecule has 1 aliphatic rings. The van der Waals surface area contributed by atoms with Gasteiger partial charge in [0.2, 0.25) is 0 Å². The summed E-state index contributed by atoms with van der Waals surface area (Å²) in [4.78, 5) is 10.6. The van der Waals surface area contributed by atoms with Gasteiger partial charge >= 0.3 is 0 Å². The molecule has 0 unspecified atom stereocenters. The van der Waals surface area contributed by atoms with Crippen LogP contribution >= 0.6 is 24.0 Å². The van der Waals surface area contributed by atoms with Gasteiger partial charge in [0, 0.05) is 48.9 Å². The predicted octanol–water partition coefficient (Wildman–Crippen LogP) is 3.30. The zero-order chi connectivity index (χ0) is 20.0. The highest BCUT2D eigenvalue weighted by Gasteiger charge is 2.34.